The molecule has 0 aliphatic carbocycles. The maximum atomic E-state index is 12.9. The van der Waals surface area contributed by atoms with E-state index >= 15 is 0 Å². The number of carboxylic acids is 1. The fraction of sp³-hybridized carbons (Fsp3) is 0.154. The van der Waals surface area contributed by atoms with E-state index in [2.05, 4.69) is 9.97 Å². The van der Waals surface area contributed by atoms with Crippen molar-refractivity contribution in [3.8, 4) is 0 Å². The molecule has 0 aliphatic heterocycles. The van der Waals surface area contributed by atoms with Crippen LogP contribution in [0.3, 0.4) is 0 Å². The highest BCUT2D eigenvalue weighted by molar-refractivity contribution is 5.93. The third-order valence-electron chi connectivity index (χ3n) is 2.65. The summed E-state index contributed by atoms with van der Waals surface area (Å²) in [7, 11) is 1.67. The lowest BCUT2D eigenvalue weighted by Crippen LogP contribution is -2.17. The first-order chi connectivity index (χ1) is 8.99. The third kappa shape index (κ3) is 2.67. The van der Waals surface area contributed by atoms with Crippen molar-refractivity contribution in [1.29, 1.82) is 0 Å². The van der Waals surface area contributed by atoms with E-state index in [1.54, 1.807) is 31.0 Å². The highest BCUT2D eigenvalue weighted by atomic mass is 19.1. The Morgan fingerprint density at radius 2 is 1.95 bits per heavy atom. The Balaban J connectivity index is 2.48. The molecular weight excluding hydrogens is 249 g/mol. The second-order valence-electron chi connectivity index (χ2n) is 4.00. The Hall–Kier alpha value is -2.50. The fourth-order valence-electron chi connectivity index (χ4n) is 1.65. The SMILES string of the molecule is Cc1ncc(C(=O)O)c(N(C)c2ccc(F)cc2)n1. The number of hydrogen-bond acceptors (Lipinski definition) is 4. The molecule has 1 heterocycles. The summed E-state index contributed by atoms with van der Waals surface area (Å²) in [4.78, 5) is 20.7. The molecule has 98 valence electrons. The smallest absolute Gasteiger partial charge is 0.341 e. The van der Waals surface area contributed by atoms with Crippen molar-refractivity contribution in [3.05, 3.63) is 47.7 Å². The molecule has 1 aromatic heterocycles. The number of aromatic carboxylic acids is 1. The highest BCUT2D eigenvalue weighted by Crippen LogP contribution is 2.25. The minimum atomic E-state index is -1.11. The number of anilines is 2. The Morgan fingerprint density at radius 1 is 1.32 bits per heavy atom. The summed E-state index contributed by atoms with van der Waals surface area (Å²) in [6.07, 6.45) is 1.26. The van der Waals surface area contributed by atoms with Crippen LogP contribution >= 0.6 is 0 Å². The lowest BCUT2D eigenvalue weighted by molar-refractivity contribution is 0.0697. The van der Waals surface area contributed by atoms with Crippen LogP contribution in [0.15, 0.2) is 30.5 Å². The van der Waals surface area contributed by atoms with E-state index in [1.165, 1.54) is 18.3 Å². The van der Waals surface area contributed by atoms with Crippen LogP contribution in [0.4, 0.5) is 15.9 Å². The standard InChI is InChI=1S/C13H12FN3O2/c1-8-15-7-11(13(18)19)12(16-8)17(2)10-5-3-9(14)4-6-10/h3-7H,1-2H3,(H,18,19). The molecule has 0 atom stereocenters. The summed E-state index contributed by atoms with van der Waals surface area (Å²) >= 11 is 0. The summed E-state index contributed by atoms with van der Waals surface area (Å²) in [5.74, 6) is -0.723. The van der Waals surface area contributed by atoms with E-state index in [0.29, 0.717) is 11.5 Å². The van der Waals surface area contributed by atoms with Crippen LogP contribution in [-0.4, -0.2) is 28.1 Å². The van der Waals surface area contributed by atoms with Crippen molar-refractivity contribution in [1.82, 2.24) is 9.97 Å². The zero-order chi connectivity index (χ0) is 14.0. The van der Waals surface area contributed by atoms with E-state index in [9.17, 15) is 9.18 Å². The van der Waals surface area contributed by atoms with Gasteiger partial charge in [0.2, 0.25) is 0 Å². The van der Waals surface area contributed by atoms with Crippen LogP contribution in [0.2, 0.25) is 0 Å². The molecule has 19 heavy (non-hydrogen) atoms. The topological polar surface area (TPSA) is 66.3 Å². The van der Waals surface area contributed by atoms with Crippen molar-refractivity contribution in [2.24, 2.45) is 0 Å². The van der Waals surface area contributed by atoms with Crippen molar-refractivity contribution >= 4 is 17.5 Å². The second kappa shape index (κ2) is 5.01. The molecular formula is C13H12FN3O2. The quantitative estimate of drug-likeness (QED) is 0.918. The summed E-state index contributed by atoms with van der Waals surface area (Å²) < 4.78 is 12.9. The molecule has 6 heteroatoms. The molecule has 5 nitrogen and oxygen atoms in total. The first-order valence-electron chi connectivity index (χ1n) is 5.55. The van der Waals surface area contributed by atoms with E-state index in [-0.39, 0.29) is 17.2 Å². The molecule has 0 fully saturated rings. The van der Waals surface area contributed by atoms with Gasteiger partial charge in [0.1, 0.15) is 17.2 Å². The number of halogens is 1. The van der Waals surface area contributed by atoms with Crippen molar-refractivity contribution in [3.63, 3.8) is 0 Å². The number of rotatable bonds is 3. The molecule has 0 saturated heterocycles. The Bertz CT molecular complexity index is 614. The molecule has 0 saturated carbocycles. The molecule has 1 N–H and O–H groups in total. The van der Waals surface area contributed by atoms with Crippen molar-refractivity contribution in [2.75, 3.05) is 11.9 Å². The number of benzene rings is 1. The van der Waals surface area contributed by atoms with Gasteiger partial charge in [-0.25, -0.2) is 19.2 Å². The predicted molar refractivity (Wildman–Crippen MR) is 68.2 cm³/mol. The van der Waals surface area contributed by atoms with E-state index in [1.807, 2.05) is 0 Å². The number of aromatic nitrogens is 2. The van der Waals surface area contributed by atoms with Gasteiger partial charge in [-0.05, 0) is 31.2 Å². The van der Waals surface area contributed by atoms with Crippen LogP contribution < -0.4 is 4.90 Å². The Morgan fingerprint density at radius 3 is 2.53 bits per heavy atom. The van der Waals surface area contributed by atoms with Gasteiger partial charge in [0, 0.05) is 18.9 Å². The zero-order valence-corrected chi connectivity index (χ0v) is 10.5. The average molecular weight is 261 g/mol. The summed E-state index contributed by atoms with van der Waals surface area (Å²) in [5, 5.41) is 9.13. The van der Waals surface area contributed by atoms with Gasteiger partial charge in [-0.15, -0.1) is 0 Å². The number of nitrogens with zero attached hydrogens (tertiary/aromatic N) is 3. The van der Waals surface area contributed by atoms with Gasteiger partial charge in [-0.1, -0.05) is 0 Å². The maximum absolute atomic E-state index is 12.9. The molecule has 0 spiro atoms. The van der Waals surface area contributed by atoms with E-state index in [0.717, 1.165) is 0 Å². The van der Waals surface area contributed by atoms with Crippen molar-refractivity contribution < 1.29 is 14.3 Å². The molecule has 0 aliphatic rings. The van der Waals surface area contributed by atoms with Gasteiger partial charge in [-0.3, -0.25) is 0 Å². The maximum Gasteiger partial charge on any atom is 0.341 e. The molecule has 0 radical (unpaired) electrons. The zero-order valence-electron chi connectivity index (χ0n) is 10.5. The Labute approximate surface area is 109 Å². The van der Waals surface area contributed by atoms with Gasteiger partial charge < -0.3 is 10.0 Å². The summed E-state index contributed by atoms with van der Waals surface area (Å²) in [6.45, 7) is 1.67. The molecule has 0 unspecified atom stereocenters. The predicted octanol–water partition coefficient (Wildman–Crippen LogP) is 2.39. The average Bonchev–Trinajstić information content (AvgIpc) is 2.38. The van der Waals surface area contributed by atoms with Gasteiger partial charge in [-0.2, -0.15) is 0 Å². The van der Waals surface area contributed by atoms with Gasteiger partial charge in [0.05, 0.1) is 0 Å². The van der Waals surface area contributed by atoms with Gasteiger partial charge >= 0.3 is 5.97 Å². The Kier molecular flexibility index (Phi) is 3.41. The third-order valence-corrected chi connectivity index (χ3v) is 2.65. The van der Waals surface area contributed by atoms with Crippen LogP contribution in [0.1, 0.15) is 16.2 Å². The van der Waals surface area contributed by atoms with E-state index < -0.39 is 5.97 Å². The number of hydrogen-bond donors (Lipinski definition) is 1. The second-order valence-corrected chi connectivity index (χ2v) is 4.00. The van der Waals surface area contributed by atoms with Crippen molar-refractivity contribution in [2.45, 2.75) is 6.92 Å². The molecule has 2 aromatic rings. The van der Waals surface area contributed by atoms with E-state index in [4.69, 9.17) is 5.11 Å². The normalized spacial score (nSPS) is 10.3. The first kappa shape index (κ1) is 12.9. The van der Waals surface area contributed by atoms with Gasteiger partial charge in [0.15, 0.2) is 5.82 Å². The molecule has 0 amide bonds. The monoisotopic (exact) mass is 261 g/mol. The summed E-state index contributed by atoms with van der Waals surface area (Å²) in [6, 6.07) is 5.72. The summed E-state index contributed by atoms with van der Waals surface area (Å²) in [5.41, 5.74) is 0.638. The molecule has 2 rings (SSSR count). The molecule has 1 aromatic carbocycles. The number of aryl methyl sites for hydroxylation is 1. The van der Waals surface area contributed by atoms with Crippen LogP contribution in [-0.2, 0) is 0 Å². The minimum Gasteiger partial charge on any atom is -0.477 e. The highest BCUT2D eigenvalue weighted by Gasteiger charge is 2.17. The number of carboxylic acid groups (broad SMARTS) is 1. The minimum absolute atomic E-state index is 0.00238. The van der Waals surface area contributed by atoms with Crippen LogP contribution in [0, 0.1) is 12.7 Å². The number of carbonyl (C=O) groups is 1. The lowest BCUT2D eigenvalue weighted by Gasteiger charge is -2.20. The molecule has 0 bridgehead atoms. The van der Waals surface area contributed by atoms with Crippen LogP contribution in [0.25, 0.3) is 0 Å². The fourth-order valence-corrected chi connectivity index (χ4v) is 1.65. The van der Waals surface area contributed by atoms with Gasteiger partial charge in [0.25, 0.3) is 0 Å². The van der Waals surface area contributed by atoms with Crippen LogP contribution in [0.5, 0.6) is 0 Å². The largest absolute Gasteiger partial charge is 0.477 e. The lowest BCUT2D eigenvalue weighted by atomic mass is 10.2. The first-order valence-corrected chi connectivity index (χ1v) is 5.55.